The van der Waals surface area contributed by atoms with Gasteiger partial charge in [0.05, 0.1) is 5.56 Å². The predicted octanol–water partition coefficient (Wildman–Crippen LogP) is 4.14. The second-order valence-electron chi connectivity index (χ2n) is 8.20. The summed E-state index contributed by atoms with van der Waals surface area (Å²) in [6, 6.07) is 17.6. The number of carbonyl (C=O) groups excluding carboxylic acids is 2. The number of hydrogen-bond donors (Lipinski definition) is 0. The fourth-order valence-corrected chi connectivity index (χ4v) is 5.77. The normalized spacial score (nSPS) is 31.9. The van der Waals surface area contributed by atoms with Crippen molar-refractivity contribution in [1.29, 1.82) is 0 Å². The van der Waals surface area contributed by atoms with Crippen LogP contribution >= 0.6 is 0 Å². The van der Waals surface area contributed by atoms with Crippen LogP contribution in [0.15, 0.2) is 54.6 Å². The first-order chi connectivity index (χ1) is 13.7. The third kappa shape index (κ3) is 2.66. The van der Waals surface area contributed by atoms with Crippen molar-refractivity contribution in [2.24, 2.45) is 17.8 Å². The smallest absolute Gasteiger partial charge is 0.338 e. The van der Waals surface area contributed by atoms with Gasteiger partial charge in [0, 0.05) is 18.3 Å². The molecule has 0 radical (unpaired) electrons. The molecule has 2 saturated carbocycles. The first-order valence-corrected chi connectivity index (χ1v) is 10.2. The van der Waals surface area contributed by atoms with Gasteiger partial charge in [-0.15, -0.1) is 0 Å². The van der Waals surface area contributed by atoms with E-state index >= 15 is 0 Å². The lowest BCUT2D eigenvalue weighted by atomic mass is 9.76. The quantitative estimate of drug-likeness (QED) is 0.753. The molecule has 3 aliphatic rings. The van der Waals surface area contributed by atoms with E-state index in [-0.39, 0.29) is 36.0 Å². The van der Waals surface area contributed by atoms with Crippen molar-refractivity contribution in [1.82, 2.24) is 0 Å². The molecule has 2 aromatic rings. The molecule has 4 heteroatoms. The van der Waals surface area contributed by atoms with E-state index in [2.05, 4.69) is 24.3 Å². The van der Waals surface area contributed by atoms with Crippen molar-refractivity contribution >= 4 is 11.9 Å². The minimum absolute atomic E-state index is 0.209. The lowest BCUT2D eigenvalue weighted by Crippen LogP contribution is -2.45. The Morgan fingerprint density at radius 3 is 2.39 bits per heavy atom. The standard InChI is InChI=1S/C24H24O4/c1-2-20(25)27-22-18-13-19(21-16-11-7-6-10-15(16)12-17(18)21)23(22)28-24(26)14-8-4-3-5-9-14/h3-11,17-19,21-23H,2,12-13H2,1H3. The van der Waals surface area contributed by atoms with E-state index in [0.29, 0.717) is 23.8 Å². The molecule has 0 amide bonds. The monoisotopic (exact) mass is 376 g/mol. The van der Waals surface area contributed by atoms with Crippen LogP contribution in [-0.2, 0) is 20.7 Å². The van der Waals surface area contributed by atoms with Gasteiger partial charge >= 0.3 is 11.9 Å². The lowest BCUT2D eigenvalue weighted by Gasteiger charge is -2.37. The van der Waals surface area contributed by atoms with Gasteiger partial charge in [-0.25, -0.2) is 4.79 Å². The van der Waals surface area contributed by atoms with Gasteiger partial charge in [0.25, 0.3) is 0 Å². The summed E-state index contributed by atoms with van der Waals surface area (Å²) in [4.78, 5) is 24.8. The zero-order valence-electron chi connectivity index (χ0n) is 15.9. The Morgan fingerprint density at radius 2 is 1.61 bits per heavy atom. The molecule has 0 aliphatic heterocycles. The third-order valence-corrected chi connectivity index (χ3v) is 6.86. The van der Waals surface area contributed by atoms with Crippen LogP contribution in [0.2, 0.25) is 0 Å². The molecule has 4 nitrogen and oxygen atoms in total. The van der Waals surface area contributed by atoms with Gasteiger partial charge in [-0.1, -0.05) is 49.4 Å². The number of carbonyl (C=O) groups is 2. The van der Waals surface area contributed by atoms with Gasteiger partial charge in [0.2, 0.25) is 0 Å². The largest absolute Gasteiger partial charge is 0.458 e. The molecule has 2 fully saturated rings. The molecular weight excluding hydrogens is 352 g/mol. The summed E-state index contributed by atoms with van der Waals surface area (Å²) in [6.07, 6.45) is 1.61. The number of rotatable bonds is 4. The molecule has 0 heterocycles. The van der Waals surface area contributed by atoms with Crippen LogP contribution < -0.4 is 0 Å². The summed E-state index contributed by atoms with van der Waals surface area (Å²) in [6.45, 7) is 1.80. The minimum atomic E-state index is -0.374. The molecule has 6 atom stereocenters. The maximum Gasteiger partial charge on any atom is 0.338 e. The van der Waals surface area contributed by atoms with Crippen LogP contribution in [0.25, 0.3) is 0 Å². The number of fused-ring (bicyclic) bond motifs is 7. The molecule has 28 heavy (non-hydrogen) atoms. The molecule has 6 unspecified atom stereocenters. The van der Waals surface area contributed by atoms with E-state index in [4.69, 9.17) is 9.47 Å². The lowest BCUT2D eigenvalue weighted by molar-refractivity contribution is -0.161. The van der Waals surface area contributed by atoms with E-state index in [1.165, 1.54) is 11.1 Å². The molecule has 5 rings (SSSR count). The highest BCUT2D eigenvalue weighted by atomic mass is 16.6. The Morgan fingerprint density at radius 1 is 0.893 bits per heavy atom. The van der Waals surface area contributed by atoms with Gasteiger partial charge in [-0.3, -0.25) is 4.79 Å². The summed E-state index contributed by atoms with van der Waals surface area (Å²) < 4.78 is 11.8. The van der Waals surface area contributed by atoms with Crippen molar-refractivity contribution in [3.05, 3.63) is 71.3 Å². The maximum absolute atomic E-state index is 12.8. The van der Waals surface area contributed by atoms with E-state index in [9.17, 15) is 9.59 Å². The Labute approximate surface area is 164 Å². The van der Waals surface area contributed by atoms with E-state index < -0.39 is 0 Å². The van der Waals surface area contributed by atoms with Crippen LogP contribution in [0.1, 0.15) is 47.2 Å². The van der Waals surface area contributed by atoms with Gasteiger partial charge in [0.15, 0.2) is 0 Å². The van der Waals surface area contributed by atoms with Crippen molar-refractivity contribution in [2.75, 3.05) is 0 Å². The Kier molecular flexibility index (Phi) is 4.22. The van der Waals surface area contributed by atoms with E-state index in [1.807, 2.05) is 18.2 Å². The second kappa shape index (κ2) is 6.77. The summed E-state index contributed by atoms with van der Waals surface area (Å²) >= 11 is 0. The molecule has 144 valence electrons. The summed E-state index contributed by atoms with van der Waals surface area (Å²) in [5.74, 6) is 0.784. The van der Waals surface area contributed by atoms with Crippen molar-refractivity contribution < 1.29 is 19.1 Å². The van der Waals surface area contributed by atoms with Crippen molar-refractivity contribution in [3.8, 4) is 0 Å². The number of esters is 2. The van der Waals surface area contributed by atoms with Gasteiger partial charge in [-0.2, -0.15) is 0 Å². The van der Waals surface area contributed by atoms with Gasteiger partial charge in [0.1, 0.15) is 12.2 Å². The van der Waals surface area contributed by atoms with Crippen molar-refractivity contribution in [3.63, 3.8) is 0 Å². The van der Waals surface area contributed by atoms with Gasteiger partial charge in [-0.05, 0) is 47.9 Å². The van der Waals surface area contributed by atoms with Crippen LogP contribution in [0.5, 0.6) is 0 Å². The molecule has 0 spiro atoms. The molecule has 0 aromatic heterocycles. The Bertz CT molecular complexity index is 906. The number of benzene rings is 2. The third-order valence-electron chi connectivity index (χ3n) is 6.86. The maximum atomic E-state index is 12.8. The molecule has 3 aliphatic carbocycles. The fourth-order valence-electron chi connectivity index (χ4n) is 5.77. The van der Waals surface area contributed by atoms with Crippen LogP contribution in [0.3, 0.4) is 0 Å². The number of hydrogen-bond acceptors (Lipinski definition) is 4. The van der Waals surface area contributed by atoms with Crippen LogP contribution in [0.4, 0.5) is 0 Å². The van der Waals surface area contributed by atoms with Crippen LogP contribution in [-0.4, -0.2) is 24.1 Å². The second-order valence-corrected chi connectivity index (χ2v) is 8.20. The molecule has 2 bridgehead atoms. The average Bonchev–Trinajstić information content (AvgIpc) is 3.38. The topological polar surface area (TPSA) is 52.6 Å². The number of ether oxygens (including phenoxy) is 2. The highest BCUT2D eigenvalue weighted by molar-refractivity contribution is 5.89. The zero-order chi connectivity index (χ0) is 19.3. The first-order valence-electron chi connectivity index (χ1n) is 10.2. The van der Waals surface area contributed by atoms with Gasteiger partial charge < -0.3 is 9.47 Å². The van der Waals surface area contributed by atoms with Crippen LogP contribution in [0, 0.1) is 17.8 Å². The fraction of sp³-hybridized carbons (Fsp3) is 0.417. The molecule has 0 N–H and O–H groups in total. The zero-order valence-corrected chi connectivity index (χ0v) is 15.9. The molecule has 2 aromatic carbocycles. The summed E-state index contributed by atoms with van der Waals surface area (Å²) in [5.41, 5.74) is 3.32. The predicted molar refractivity (Wildman–Crippen MR) is 104 cm³/mol. The summed E-state index contributed by atoms with van der Waals surface area (Å²) in [5, 5.41) is 0. The first kappa shape index (κ1) is 17.5. The van der Waals surface area contributed by atoms with E-state index in [1.54, 1.807) is 19.1 Å². The van der Waals surface area contributed by atoms with Crippen molar-refractivity contribution in [2.45, 2.75) is 44.3 Å². The minimum Gasteiger partial charge on any atom is -0.458 e. The average molecular weight is 376 g/mol. The summed E-state index contributed by atoms with van der Waals surface area (Å²) in [7, 11) is 0. The molecular formula is C24H24O4. The highest BCUT2D eigenvalue weighted by Crippen LogP contribution is 2.62. The Balaban J connectivity index is 1.45. The Hall–Kier alpha value is -2.62. The molecule has 0 saturated heterocycles. The highest BCUT2D eigenvalue weighted by Gasteiger charge is 2.63. The van der Waals surface area contributed by atoms with E-state index in [0.717, 1.165) is 12.8 Å². The SMILES string of the molecule is CCC(=O)OC1C2CC(C1OC(=O)c1ccccc1)C1c3ccccc3CC21.